The molecule has 1 aromatic carbocycles. The number of aliphatic carboxylic acids is 1. The third kappa shape index (κ3) is 4.98. The number of carboxylic acid groups (broad SMARTS) is 1. The standard InChI is InChI=1S/C14H17BrN2O3.ClH/c1-9-6-11(15)2-3-12(9)16-13(18)8-17-5-4-10(7-17)14(19)20;/h2-3,6,10H,4-5,7-8H2,1H3,(H,16,18)(H,19,20);1H. The molecular formula is C14H18BrClN2O3. The molecule has 2 rings (SSSR count). The summed E-state index contributed by atoms with van der Waals surface area (Å²) in [7, 11) is 0. The third-order valence-corrected chi connectivity index (χ3v) is 3.94. The molecule has 1 aliphatic heterocycles. The molecule has 2 N–H and O–H groups in total. The summed E-state index contributed by atoms with van der Waals surface area (Å²) in [5.41, 5.74) is 1.77. The van der Waals surface area contributed by atoms with Crippen LogP contribution in [0, 0.1) is 12.8 Å². The summed E-state index contributed by atoms with van der Waals surface area (Å²) in [6, 6.07) is 5.66. The number of nitrogens with one attached hydrogen (secondary N) is 1. The molecule has 5 nitrogen and oxygen atoms in total. The molecule has 1 heterocycles. The van der Waals surface area contributed by atoms with Crippen LogP contribution in [0.25, 0.3) is 0 Å². The van der Waals surface area contributed by atoms with E-state index < -0.39 is 5.97 Å². The average Bonchev–Trinajstić information content (AvgIpc) is 2.81. The number of rotatable bonds is 4. The number of halogens is 2. The summed E-state index contributed by atoms with van der Waals surface area (Å²) in [5.74, 6) is -1.24. The first kappa shape index (κ1) is 17.9. The van der Waals surface area contributed by atoms with Crippen LogP contribution in [0.2, 0.25) is 0 Å². The predicted octanol–water partition coefficient (Wildman–Crippen LogP) is 2.52. The second kappa shape index (κ2) is 7.77. The molecule has 1 aromatic rings. The molecule has 116 valence electrons. The Hall–Kier alpha value is -1.11. The highest BCUT2D eigenvalue weighted by Gasteiger charge is 2.28. The second-order valence-electron chi connectivity index (χ2n) is 5.07. The lowest BCUT2D eigenvalue weighted by atomic mass is 10.1. The van der Waals surface area contributed by atoms with Gasteiger partial charge in [0.25, 0.3) is 0 Å². The van der Waals surface area contributed by atoms with Gasteiger partial charge in [-0.25, -0.2) is 0 Å². The molecule has 1 fully saturated rings. The fourth-order valence-corrected chi connectivity index (χ4v) is 2.81. The van der Waals surface area contributed by atoms with Crippen LogP contribution < -0.4 is 5.32 Å². The highest BCUT2D eigenvalue weighted by atomic mass is 79.9. The molecule has 21 heavy (non-hydrogen) atoms. The smallest absolute Gasteiger partial charge is 0.307 e. The van der Waals surface area contributed by atoms with Crippen molar-refractivity contribution >= 4 is 45.9 Å². The summed E-state index contributed by atoms with van der Waals surface area (Å²) in [6.07, 6.45) is 0.611. The molecule has 0 aliphatic carbocycles. The number of nitrogens with zero attached hydrogens (tertiary/aromatic N) is 1. The maximum atomic E-state index is 12.0. The van der Waals surface area contributed by atoms with Crippen LogP contribution in [0.1, 0.15) is 12.0 Å². The van der Waals surface area contributed by atoms with Crippen LogP contribution in [0.3, 0.4) is 0 Å². The van der Waals surface area contributed by atoms with Crippen molar-refractivity contribution in [3.63, 3.8) is 0 Å². The fraction of sp³-hybridized carbons (Fsp3) is 0.429. The Bertz CT molecular complexity index is 539. The van der Waals surface area contributed by atoms with Gasteiger partial charge in [0.2, 0.25) is 5.91 Å². The number of likely N-dealkylation sites (tertiary alicyclic amines) is 1. The molecule has 0 aromatic heterocycles. The molecule has 1 unspecified atom stereocenters. The largest absolute Gasteiger partial charge is 0.481 e. The van der Waals surface area contributed by atoms with E-state index in [0.717, 1.165) is 15.7 Å². The van der Waals surface area contributed by atoms with Crippen molar-refractivity contribution in [3.05, 3.63) is 28.2 Å². The minimum absolute atomic E-state index is 0. The molecule has 1 amide bonds. The zero-order valence-corrected chi connectivity index (χ0v) is 14.0. The van der Waals surface area contributed by atoms with Gasteiger partial charge in [-0.2, -0.15) is 0 Å². The van der Waals surface area contributed by atoms with E-state index in [1.807, 2.05) is 30.0 Å². The zero-order chi connectivity index (χ0) is 14.7. The number of benzene rings is 1. The molecule has 0 spiro atoms. The Labute approximate surface area is 138 Å². The number of carboxylic acids is 1. The van der Waals surface area contributed by atoms with E-state index in [1.165, 1.54) is 0 Å². The number of carbonyl (C=O) groups excluding carboxylic acids is 1. The lowest BCUT2D eigenvalue weighted by Crippen LogP contribution is -2.32. The van der Waals surface area contributed by atoms with Gasteiger partial charge in [-0.1, -0.05) is 15.9 Å². The maximum absolute atomic E-state index is 12.0. The van der Waals surface area contributed by atoms with E-state index in [9.17, 15) is 9.59 Å². The predicted molar refractivity (Wildman–Crippen MR) is 86.9 cm³/mol. The molecule has 0 radical (unpaired) electrons. The Morgan fingerprint density at radius 1 is 1.48 bits per heavy atom. The van der Waals surface area contributed by atoms with Gasteiger partial charge in [-0.3, -0.25) is 14.5 Å². The van der Waals surface area contributed by atoms with Gasteiger partial charge in [0.05, 0.1) is 12.5 Å². The first-order chi connectivity index (χ1) is 9.45. The van der Waals surface area contributed by atoms with Crippen LogP contribution >= 0.6 is 28.3 Å². The average molecular weight is 378 g/mol. The minimum atomic E-state index is -0.781. The fourth-order valence-electron chi connectivity index (χ4n) is 2.34. The number of carbonyl (C=O) groups is 2. The van der Waals surface area contributed by atoms with Gasteiger partial charge in [0, 0.05) is 16.7 Å². The third-order valence-electron chi connectivity index (χ3n) is 3.45. The van der Waals surface area contributed by atoms with Crippen LogP contribution in [-0.4, -0.2) is 41.5 Å². The van der Waals surface area contributed by atoms with Gasteiger partial charge >= 0.3 is 5.97 Å². The zero-order valence-electron chi connectivity index (χ0n) is 11.6. The minimum Gasteiger partial charge on any atom is -0.481 e. The number of hydrogen-bond donors (Lipinski definition) is 2. The Morgan fingerprint density at radius 2 is 2.19 bits per heavy atom. The first-order valence-corrected chi connectivity index (χ1v) is 7.26. The summed E-state index contributed by atoms with van der Waals surface area (Å²) < 4.78 is 0.969. The number of aryl methyl sites for hydroxylation is 1. The van der Waals surface area contributed by atoms with Crippen molar-refractivity contribution in [2.75, 3.05) is 25.0 Å². The highest BCUT2D eigenvalue weighted by molar-refractivity contribution is 9.10. The monoisotopic (exact) mass is 376 g/mol. The Balaban J connectivity index is 0.00000220. The van der Waals surface area contributed by atoms with Gasteiger partial charge in [-0.05, 0) is 43.7 Å². The van der Waals surface area contributed by atoms with Gasteiger partial charge in [0.1, 0.15) is 0 Å². The molecule has 1 aliphatic rings. The van der Waals surface area contributed by atoms with Crippen molar-refractivity contribution in [3.8, 4) is 0 Å². The van der Waals surface area contributed by atoms with Crippen molar-refractivity contribution in [1.29, 1.82) is 0 Å². The Morgan fingerprint density at radius 3 is 2.76 bits per heavy atom. The van der Waals surface area contributed by atoms with Crippen LogP contribution in [0.4, 0.5) is 5.69 Å². The van der Waals surface area contributed by atoms with Crippen LogP contribution in [-0.2, 0) is 9.59 Å². The summed E-state index contributed by atoms with van der Waals surface area (Å²) in [5, 5.41) is 11.8. The summed E-state index contributed by atoms with van der Waals surface area (Å²) >= 11 is 3.38. The summed E-state index contributed by atoms with van der Waals surface area (Å²) in [4.78, 5) is 24.7. The van der Waals surface area contributed by atoms with Gasteiger partial charge < -0.3 is 10.4 Å². The van der Waals surface area contributed by atoms with Crippen LogP contribution in [0.5, 0.6) is 0 Å². The first-order valence-electron chi connectivity index (χ1n) is 6.47. The van der Waals surface area contributed by atoms with E-state index >= 15 is 0 Å². The van der Waals surface area contributed by atoms with Crippen molar-refractivity contribution in [2.45, 2.75) is 13.3 Å². The van der Waals surface area contributed by atoms with Gasteiger partial charge in [0.15, 0.2) is 0 Å². The Kier molecular flexibility index (Phi) is 6.64. The molecule has 7 heteroatoms. The van der Waals surface area contributed by atoms with E-state index in [0.29, 0.717) is 19.5 Å². The normalized spacial score (nSPS) is 18.1. The van der Waals surface area contributed by atoms with Crippen molar-refractivity contribution < 1.29 is 14.7 Å². The number of amides is 1. The molecule has 1 atom stereocenters. The van der Waals surface area contributed by atoms with Crippen molar-refractivity contribution in [1.82, 2.24) is 4.90 Å². The number of hydrogen-bond acceptors (Lipinski definition) is 3. The van der Waals surface area contributed by atoms with Gasteiger partial charge in [-0.15, -0.1) is 12.4 Å². The quantitative estimate of drug-likeness (QED) is 0.846. The second-order valence-corrected chi connectivity index (χ2v) is 5.98. The highest BCUT2D eigenvalue weighted by Crippen LogP contribution is 2.20. The molecule has 0 bridgehead atoms. The van der Waals surface area contributed by atoms with E-state index in [-0.39, 0.29) is 30.8 Å². The summed E-state index contributed by atoms with van der Waals surface area (Å²) in [6.45, 7) is 3.27. The molecule has 0 saturated carbocycles. The molecular weight excluding hydrogens is 360 g/mol. The SMILES string of the molecule is Cc1cc(Br)ccc1NC(=O)CN1CCC(C(=O)O)C1.Cl. The lowest BCUT2D eigenvalue weighted by Gasteiger charge is -2.15. The topological polar surface area (TPSA) is 69.6 Å². The maximum Gasteiger partial charge on any atom is 0.307 e. The lowest BCUT2D eigenvalue weighted by molar-refractivity contribution is -0.141. The molecule has 1 saturated heterocycles. The van der Waals surface area contributed by atoms with Crippen molar-refractivity contribution in [2.24, 2.45) is 5.92 Å². The van der Waals surface area contributed by atoms with E-state index in [4.69, 9.17) is 5.11 Å². The van der Waals surface area contributed by atoms with E-state index in [1.54, 1.807) is 0 Å². The number of anilines is 1. The van der Waals surface area contributed by atoms with Crippen LogP contribution in [0.15, 0.2) is 22.7 Å². The van der Waals surface area contributed by atoms with E-state index in [2.05, 4.69) is 21.2 Å².